The topological polar surface area (TPSA) is 376 Å². The van der Waals surface area contributed by atoms with Gasteiger partial charge in [0.05, 0.1) is 6.04 Å². The third-order valence-electron chi connectivity index (χ3n) is 22.8. The normalized spacial score (nSPS) is 28.4. The van der Waals surface area contributed by atoms with Crippen molar-refractivity contribution in [2.45, 2.75) is 203 Å². The van der Waals surface area contributed by atoms with Crippen LogP contribution in [0.3, 0.4) is 0 Å². The van der Waals surface area contributed by atoms with Gasteiger partial charge in [-0.2, -0.15) is 0 Å². The van der Waals surface area contributed by atoms with E-state index < -0.39 is 199 Å². The molecule has 8 saturated heterocycles. The van der Waals surface area contributed by atoms with Gasteiger partial charge in [0.2, 0.25) is 53.2 Å². The predicted molar refractivity (Wildman–Crippen MR) is 401 cm³/mol. The number of benzene rings is 4. The van der Waals surface area contributed by atoms with E-state index in [1.807, 2.05) is 20.8 Å². The number of aliphatic hydroxyl groups excluding tert-OH is 1. The second-order valence-electron chi connectivity index (χ2n) is 31.3. The maximum absolute atomic E-state index is 15.8. The Hall–Kier alpha value is -10.6. The maximum atomic E-state index is 15.8. The molecule has 2 unspecified atom stereocenters. The zero-order valence-electron chi connectivity index (χ0n) is 63.5. The number of urea groups is 2. The molecule has 0 spiro atoms. The Balaban J connectivity index is 0.816. The highest BCUT2D eigenvalue weighted by molar-refractivity contribution is 6.00. The fourth-order valence-corrected chi connectivity index (χ4v) is 17.1. The van der Waals surface area contributed by atoms with Gasteiger partial charge in [0.25, 0.3) is 0 Å². The number of rotatable bonds is 14. The quantitative estimate of drug-likeness (QED) is 0.0816. The van der Waals surface area contributed by atoms with E-state index in [9.17, 15) is 57.0 Å². The van der Waals surface area contributed by atoms with Gasteiger partial charge in [-0.05, 0) is 170 Å². The van der Waals surface area contributed by atoms with Crippen molar-refractivity contribution in [3.8, 4) is 0 Å². The van der Waals surface area contributed by atoms with Gasteiger partial charge in [0.15, 0.2) is 0 Å². The highest BCUT2D eigenvalue weighted by atomic mass is 19.1. The van der Waals surface area contributed by atoms with Crippen molar-refractivity contribution in [1.82, 2.24) is 61.3 Å². The van der Waals surface area contributed by atoms with Crippen molar-refractivity contribution in [1.29, 1.82) is 0 Å². The van der Waals surface area contributed by atoms with Crippen LogP contribution < -0.4 is 42.5 Å². The number of esters is 2. The molecule has 600 valence electrons. The van der Waals surface area contributed by atoms with Crippen molar-refractivity contribution < 1.29 is 85.7 Å². The summed E-state index contributed by atoms with van der Waals surface area (Å²) in [7, 11) is 0. The van der Waals surface area contributed by atoms with Crippen LogP contribution in [0.5, 0.6) is 0 Å². The molecule has 8 heterocycles. The minimum atomic E-state index is -1.79. The van der Waals surface area contributed by atoms with Crippen molar-refractivity contribution >= 4 is 88.5 Å². The van der Waals surface area contributed by atoms with E-state index in [0.29, 0.717) is 55.1 Å². The molecule has 9 N–H and O–H groups in total. The molecular weight excluding hydrogens is 1450 g/mol. The summed E-state index contributed by atoms with van der Waals surface area (Å²) in [6.45, 7) is 7.19. The molecule has 16 atom stereocenters. The third kappa shape index (κ3) is 19.3. The molecule has 0 bridgehead atoms. The molecule has 4 aromatic carbocycles. The van der Waals surface area contributed by atoms with E-state index >= 15 is 19.2 Å². The van der Waals surface area contributed by atoms with Gasteiger partial charge in [-0.15, -0.1) is 0 Å². The summed E-state index contributed by atoms with van der Waals surface area (Å²) in [4.78, 5) is 200. The number of hydrogen-bond acceptors (Lipinski definition) is 17. The number of nitrogens with zero attached hydrogens (tertiary/aromatic N) is 6. The SMILES string of the molecule is Cc1ccc(NC(=O)N[C@@H](Cc2cc(F)cc(F)c2)C(=O)N[C@H]2COC(=O)[C@@H]3C[C@H](CC4CC[C@H]5C(=O)N[C@@H](C)C(=O)N6C[C@@H](C)C[C@H]6C(=O)OC[C@H](NC(=O)[C@H](Cc6ccccc6)NC(=O)Nc6ccc(C)cc6)C(O)N6CCC[C@H]6C(=O)N5C4)CN3C(=O)[C@H](C)NC(=O)[C@@H]3CCCCN3C(=O)[C@@H]3CCCN3C2=O)cc1. The first-order valence-electron chi connectivity index (χ1n) is 38.9. The number of carbonyl (C=O) groups is 13. The Bertz CT molecular complexity index is 4180. The first kappa shape index (κ1) is 80.9. The van der Waals surface area contributed by atoms with Gasteiger partial charge >= 0.3 is 24.0 Å². The summed E-state index contributed by atoms with van der Waals surface area (Å²) in [5, 5.41) is 34.6. The highest BCUT2D eigenvalue weighted by Crippen LogP contribution is 2.37. The number of carbonyl (C=O) groups excluding carboxylic acids is 13. The van der Waals surface area contributed by atoms with Crippen LogP contribution in [0.4, 0.5) is 29.7 Å². The van der Waals surface area contributed by atoms with Crippen molar-refractivity contribution in [2.24, 2.45) is 17.8 Å². The summed E-state index contributed by atoms with van der Waals surface area (Å²) in [5.41, 5.74) is 3.23. The van der Waals surface area contributed by atoms with Crippen LogP contribution in [-0.4, -0.2) is 243 Å². The maximum Gasteiger partial charge on any atom is 0.328 e. The van der Waals surface area contributed by atoms with Gasteiger partial charge in [0, 0.05) is 69.6 Å². The molecule has 0 saturated carbocycles. The van der Waals surface area contributed by atoms with E-state index in [1.54, 1.807) is 78.9 Å². The van der Waals surface area contributed by atoms with Gasteiger partial charge in [-0.25, -0.2) is 28.0 Å². The lowest BCUT2D eigenvalue weighted by atomic mass is 9.84. The molecule has 8 aliphatic rings. The number of fused-ring (bicyclic) bond motifs is 6. The zero-order valence-corrected chi connectivity index (χ0v) is 63.5. The fourth-order valence-electron chi connectivity index (χ4n) is 17.1. The Morgan fingerprint density at radius 2 is 1.00 bits per heavy atom. The summed E-state index contributed by atoms with van der Waals surface area (Å²) in [5.74, 6) is -11.4. The largest absolute Gasteiger partial charge is 0.462 e. The zero-order chi connectivity index (χ0) is 79.8. The molecule has 0 aromatic heterocycles. The van der Waals surface area contributed by atoms with Crippen molar-refractivity contribution in [2.75, 3.05) is 63.1 Å². The lowest BCUT2D eigenvalue weighted by Gasteiger charge is -2.43. The van der Waals surface area contributed by atoms with Crippen LogP contribution in [0.1, 0.15) is 120 Å². The standard InChI is InChI=1S/C80H100F2N14O16/c1-44-18-23-55(24-19-44)85-79(109)89-57(35-49-13-7-6-8-14-49)67(97)87-59-42-111-77(107)65-31-46(3)39-94(65)71(101)47(4)84-70(100)62-27-22-50(40-95(62)76(106)64-17-12-30-93(64)74(59)104)32-52-37-66-78(108)112-43-60(88-68(98)58(36-51-33-53(81)38-54(82)34-51)90-80(110)86-56-25-20-45(2)21-26-56)73(103)92-29-11-16-63(92)75(105)91-28-10-9-15-61(91)69(99)83-48(5)72(102)96(66)41-52/h6-8,13-14,18-21,23-26,33-34,38,46-48,50,52,57-66,74,104H,9-12,15-17,22,27-32,35-37,39-43H2,1-5H3,(H,83,99)(H,84,100)(H,87,97)(H,88,98)(H2,85,89,109)(H2,86,90,110)/t46-,47-,48-,50?,52-,57-,58-,59-,60-,61-,62-,63-,64-,65-,66-,74?/m0/s1. The van der Waals surface area contributed by atoms with Crippen LogP contribution in [0, 0.1) is 43.2 Å². The Labute approximate surface area is 647 Å². The Morgan fingerprint density at radius 1 is 0.500 bits per heavy atom. The minimum absolute atomic E-state index is 0.00743. The van der Waals surface area contributed by atoms with Crippen LogP contribution >= 0.6 is 0 Å². The van der Waals surface area contributed by atoms with Crippen molar-refractivity contribution in [3.63, 3.8) is 0 Å². The van der Waals surface area contributed by atoms with Crippen LogP contribution in [-0.2, 0) is 75.1 Å². The number of amides is 13. The second-order valence-corrected chi connectivity index (χ2v) is 31.3. The summed E-state index contributed by atoms with van der Waals surface area (Å²) < 4.78 is 41.6. The first-order valence-corrected chi connectivity index (χ1v) is 38.9. The van der Waals surface area contributed by atoms with Crippen LogP contribution in [0.15, 0.2) is 97.1 Å². The molecule has 12 rings (SSSR count). The average Bonchev–Trinajstić information content (AvgIpc) is 1.54. The number of hydrogen-bond donors (Lipinski definition) is 9. The first-order chi connectivity index (χ1) is 53.6. The van der Waals surface area contributed by atoms with Crippen molar-refractivity contribution in [3.05, 3.63) is 131 Å². The molecule has 30 nitrogen and oxygen atoms in total. The van der Waals surface area contributed by atoms with Crippen LogP contribution in [0.25, 0.3) is 0 Å². The minimum Gasteiger partial charge on any atom is -0.462 e. The molecule has 32 heteroatoms. The van der Waals surface area contributed by atoms with E-state index in [1.165, 1.54) is 43.2 Å². The average molecular weight is 1550 g/mol. The molecule has 8 fully saturated rings. The monoisotopic (exact) mass is 1550 g/mol. The van der Waals surface area contributed by atoms with Gasteiger partial charge in [-0.3, -0.25) is 48.1 Å². The lowest BCUT2D eigenvalue weighted by Crippen LogP contribution is -2.63. The molecular formula is C80H100F2N14O16. The molecule has 0 aliphatic carbocycles. The van der Waals surface area contributed by atoms with Gasteiger partial charge in [-0.1, -0.05) is 72.6 Å². The number of nitrogens with one attached hydrogen (secondary N) is 8. The van der Waals surface area contributed by atoms with E-state index in [-0.39, 0.29) is 102 Å². The smallest absolute Gasteiger partial charge is 0.328 e. The third-order valence-corrected chi connectivity index (χ3v) is 22.8. The fraction of sp³-hybridized carbons (Fsp3) is 0.537. The molecule has 112 heavy (non-hydrogen) atoms. The second kappa shape index (κ2) is 35.8. The Morgan fingerprint density at radius 3 is 1.62 bits per heavy atom. The predicted octanol–water partition coefficient (Wildman–Crippen LogP) is 3.45. The number of aryl methyl sites for hydroxylation is 2. The molecule has 4 aromatic rings. The lowest BCUT2D eigenvalue weighted by molar-refractivity contribution is -0.160. The molecule has 13 amide bonds. The summed E-state index contributed by atoms with van der Waals surface area (Å²) >= 11 is 0. The number of piperidine rings is 2. The number of cyclic esters (lactones) is 2. The number of halogens is 2. The summed E-state index contributed by atoms with van der Waals surface area (Å²) in [6.07, 6.45) is 0.729. The van der Waals surface area contributed by atoms with Crippen LogP contribution in [0.2, 0.25) is 0 Å². The van der Waals surface area contributed by atoms with E-state index in [2.05, 4.69) is 42.5 Å². The molecule has 0 radical (unpaired) electrons. The van der Waals surface area contributed by atoms with E-state index in [0.717, 1.165) is 23.3 Å². The highest BCUT2D eigenvalue weighted by Gasteiger charge is 2.51. The van der Waals surface area contributed by atoms with Gasteiger partial charge < -0.3 is 81.6 Å². The summed E-state index contributed by atoms with van der Waals surface area (Å²) in [6, 6.07) is 7.82. The molecule has 8 aliphatic heterocycles. The number of anilines is 2. The number of aliphatic hydroxyl groups is 1. The van der Waals surface area contributed by atoms with Gasteiger partial charge in [0.1, 0.15) is 97.5 Å². The Kier molecular flexibility index (Phi) is 25.9. The number of ether oxygens (including phenoxy) is 2. The van der Waals surface area contributed by atoms with E-state index in [4.69, 9.17) is 9.47 Å².